The summed E-state index contributed by atoms with van der Waals surface area (Å²) in [5.74, 6) is 0. The van der Waals surface area contributed by atoms with Crippen LogP contribution in [0.3, 0.4) is 0 Å². The Morgan fingerprint density at radius 2 is 0.340 bits per heavy atom. The van der Waals surface area contributed by atoms with Gasteiger partial charge in [-0.05, 0) is 48.5 Å². The monoisotopic (exact) mass is 1360 g/mol. The maximum atomic E-state index is 4.93. The van der Waals surface area contributed by atoms with Crippen LogP contribution in [0.15, 0.2) is 425 Å². The van der Waals surface area contributed by atoms with Crippen LogP contribution in [-0.4, -0.2) is 42.2 Å². The largest absolute Gasteiger partial charge is 2.00 e. The molecule has 103 heavy (non-hydrogen) atoms. The molecular weight excluding hydrogens is 1290 g/mol. The van der Waals surface area contributed by atoms with E-state index in [2.05, 4.69) is 338 Å². The normalized spacial score (nSPS) is 11.0. The van der Waals surface area contributed by atoms with Gasteiger partial charge in [0, 0.05) is 45.1 Å². The number of hydrogen-bond acceptors (Lipinski definition) is 6. The standard InChI is InChI=1S/2C24H20B.2C23H15N3.Fe/c2*1-5-13-21(14-6-1)25(22-15-7-2-8-16-22,23-17-9-3-10-18-23)24-19-11-4-12-20-24;2*1-2-6-16(7-3-1)19-13-11-17-9-10-18-12-14-21(20-8-4-5-15-24-20)26-23(18)22(17)25-19;/h2*1-20H;2*1-15H;/q2*-1;;;+2. The Morgan fingerprint density at radius 1 is 0.155 bits per heavy atom. The molecule has 0 saturated carbocycles. The van der Waals surface area contributed by atoms with Crippen LogP contribution in [-0.2, 0) is 17.1 Å². The Hall–Kier alpha value is -12.8. The number of aromatic nitrogens is 6. The van der Waals surface area contributed by atoms with Crippen molar-refractivity contribution in [3.05, 3.63) is 425 Å². The Bertz CT molecular complexity index is 4830. The SMILES string of the molecule is [Fe+2].c1ccc(-c2ccc3ccc4ccc(-c5ccccn5)nc4c3n2)cc1.c1ccc(-c2ccc3ccc4ccc(-c5ccccn5)nc4c3n2)cc1.c1ccc([B-](c2ccccc2)(c2ccccc2)c2ccccc2)cc1.c1ccc([B-](c2ccccc2)(c2ccccc2)c2ccccc2)cc1. The zero-order valence-electron chi connectivity index (χ0n) is 56.6. The molecule has 0 radical (unpaired) electrons. The van der Waals surface area contributed by atoms with E-state index < -0.39 is 12.3 Å². The quantitative estimate of drug-likeness (QED) is 0.0896. The molecule has 18 aromatic rings. The summed E-state index contributed by atoms with van der Waals surface area (Å²) in [5.41, 5.74) is 21.9. The van der Waals surface area contributed by atoms with Crippen molar-refractivity contribution in [2.45, 2.75) is 0 Å². The van der Waals surface area contributed by atoms with Crippen LogP contribution in [0.1, 0.15) is 0 Å². The van der Waals surface area contributed by atoms with E-state index >= 15 is 0 Å². The number of fused-ring (bicyclic) bond motifs is 6. The van der Waals surface area contributed by atoms with E-state index in [0.29, 0.717) is 0 Å². The van der Waals surface area contributed by atoms with E-state index in [1.807, 2.05) is 84.9 Å². The Labute approximate surface area is 612 Å². The van der Waals surface area contributed by atoms with Crippen LogP contribution in [0.4, 0.5) is 0 Å². The first-order chi connectivity index (χ1) is 50.6. The summed E-state index contributed by atoms with van der Waals surface area (Å²) in [4.78, 5) is 28.5. The van der Waals surface area contributed by atoms with Crippen LogP contribution < -0.4 is 43.7 Å². The molecular formula is C94H70B2FeN6. The molecule has 0 saturated heterocycles. The molecule has 490 valence electrons. The van der Waals surface area contributed by atoms with E-state index in [0.717, 1.165) is 88.9 Å². The van der Waals surface area contributed by atoms with E-state index in [4.69, 9.17) is 19.9 Å². The fourth-order valence-electron chi connectivity index (χ4n) is 14.6. The third kappa shape index (κ3) is 14.4. The zero-order chi connectivity index (χ0) is 68.6. The second-order valence-electron chi connectivity index (χ2n) is 25.4. The topological polar surface area (TPSA) is 77.3 Å². The van der Waals surface area contributed by atoms with E-state index in [1.165, 1.54) is 43.7 Å². The van der Waals surface area contributed by atoms with Crippen molar-refractivity contribution < 1.29 is 17.1 Å². The summed E-state index contributed by atoms with van der Waals surface area (Å²) < 4.78 is 0. The third-order valence-corrected chi connectivity index (χ3v) is 19.4. The maximum Gasteiger partial charge on any atom is 2.00 e. The smallest absolute Gasteiger partial charge is 0.255 e. The Balaban J connectivity index is 0.000000116. The van der Waals surface area contributed by atoms with Crippen LogP contribution in [0.25, 0.3) is 88.9 Å². The molecule has 0 aliphatic rings. The van der Waals surface area contributed by atoms with E-state index in [-0.39, 0.29) is 17.1 Å². The summed E-state index contributed by atoms with van der Waals surface area (Å²) in [5, 5.41) is 4.33. The van der Waals surface area contributed by atoms with Crippen molar-refractivity contribution in [2.24, 2.45) is 0 Å². The van der Waals surface area contributed by atoms with E-state index in [9.17, 15) is 0 Å². The minimum atomic E-state index is -1.22. The first-order valence-electron chi connectivity index (χ1n) is 34.7. The summed E-state index contributed by atoms with van der Waals surface area (Å²) in [6, 6.07) is 144. The molecule has 0 aliphatic carbocycles. The van der Waals surface area contributed by atoms with Gasteiger partial charge in [0.05, 0.1) is 56.2 Å². The third-order valence-electron chi connectivity index (χ3n) is 19.4. The van der Waals surface area contributed by atoms with Crippen molar-refractivity contribution in [2.75, 3.05) is 0 Å². The molecule has 0 aliphatic heterocycles. The fraction of sp³-hybridized carbons (Fsp3) is 0. The van der Waals surface area contributed by atoms with Gasteiger partial charge in [-0.25, -0.2) is 19.9 Å². The van der Waals surface area contributed by atoms with Crippen LogP contribution in [0, 0.1) is 0 Å². The maximum absolute atomic E-state index is 4.93. The molecule has 18 rings (SSSR count). The number of nitrogens with zero attached hydrogens (tertiary/aromatic N) is 6. The molecule has 0 fully saturated rings. The molecule has 9 heteroatoms. The zero-order valence-corrected chi connectivity index (χ0v) is 57.7. The molecule has 0 atom stereocenters. The van der Waals surface area contributed by atoms with Gasteiger partial charge >= 0.3 is 17.1 Å². The molecule has 6 heterocycles. The second kappa shape index (κ2) is 32.0. The molecule has 6 aromatic heterocycles. The molecule has 0 spiro atoms. The van der Waals surface area contributed by atoms with Crippen molar-refractivity contribution in [3.63, 3.8) is 0 Å². The Kier molecular flexibility index (Phi) is 21.0. The van der Waals surface area contributed by atoms with Crippen LogP contribution in [0.2, 0.25) is 0 Å². The number of rotatable bonds is 12. The predicted octanol–water partition coefficient (Wildman–Crippen LogP) is 17.1. The minimum absolute atomic E-state index is 0. The van der Waals surface area contributed by atoms with Gasteiger partial charge in [0.25, 0.3) is 0 Å². The summed E-state index contributed by atoms with van der Waals surface area (Å²) in [6.07, 6.45) is 1.14. The minimum Gasteiger partial charge on any atom is -0.255 e. The number of pyridine rings is 6. The molecule has 0 bridgehead atoms. The van der Waals surface area contributed by atoms with Crippen molar-refractivity contribution in [3.8, 4) is 45.3 Å². The molecule has 0 amide bonds. The van der Waals surface area contributed by atoms with Gasteiger partial charge in [0.15, 0.2) is 0 Å². The number of benzene rings is 12. The van der Waals surface area contributed by atoms with Gasteiger partial charge in [-0.1, -0.05) is 364 Å². The van der Waals surface area contributed by atoms with Gasteiger partial charge < -0.3 is 0 Å². The molecule has 12 aromatic carbocycles. The van der Waals surface area contributed by atoms with E-state index in [1.54, 1.807) is 12.4 Å². The summed E-state index contributed by atoms with van der Waals surface area (Å²) in [7, 11) is 0. The summed E-state index contributed by atoms with van der Waals surface area (Å²) >= 11 is 0. The first kappa shape index (κ1) is 67.4. The van der Waals surface area contributed by atoms with Crippen LogP contribution in [0.5, 0.6) is 0 Å². The van der Waals surface area contributed by atoms with Crippen molar-refractivity contribution in [1.82, 2.24) is 29.9 Å². The average molecular weight is 1360 g/mol. The fourth-order valence-corrected chi connectivity index (χ4v) is 14.6. The Morgan fingerprint density at radius 3 is 0.553 bits per heavy atom. The van der Waals surface area contributed by atoms with Crippen LogP contribution >= 0.6 is 0 Å². The van der Waals surface area contributed by atoms with Gasteiger partial charge in [0.1, 0.15) is 12.3 Å². The van der Waals surface area contributed by atoms with Gasteiger partial charge in [-0.2, -0.15) is 43.7 Å². The van der Waals surface area contributed by atoms with Gasteiger partial charge in [0.2, 0.25) is 0 Å². The molecule has 0 N–H and O–H groups in total. The molecule has 0 unspecified atom stereocenters. The summed E-state index contributed by atoms with van der Waals surface area (Å²) in [6.45, 7) is 0. The first-order valence-corrected chi connectivity index (χ1v) is 34.7. The van der Waals surface area contributed by atoms with Gasteiger partial charge in [-0.15, -0.1) is 0 Å². The molecule has 6 nitrogen and oxygen atoms in total. The number of hydrogen-bond donors (Lipinski definition) is 0. The van der Waals surface area contributed by atoms with Crippen molar-refractivity contribution in [1.29, 1.82) is 0 Å². The predicted molar refractivity (Wildman–Crippen MR) is 432 cm³/mol. The van der Waals surface area contributed by atoms with Crippen molar-refractivity contribution >= 4 is 99.6 Å². The average Bonchev–Trinajstić information content (AvgIpc) is 0.748. The second-order valence-corrected chi connectivity index (χ2v) is 25.4. The van der Waals surface area contributed by atoms with Gasteiger partial charge in [-0.3, -0.25) is 9.97 Å².